The molecule has 76 valence electrons. The van der Waals surface area contributed by atoms with Crippen LogP contribution in [0.5, 0.6) is 0 Å². The van der Waals surface area contributed by atoms with Crippen molar-refractivity contribution in [3.63, 3.8) is 0 Å². The molecule has 2 rings (SSSR count). The van der Waals surface area contributed by atoms with Crippen molar-refractivity contribution in [2.75, 3.05) is 17.2 Å². The van der Waals surface area contributed by atoms with Gasteiger partial charge in [-0.05, 0) is 18.8 Å². The molecule has 1 heterocycles. The van der Waals surface area contributed by atoms with Gasteiger partial charge in [0.05, 0.1) is 0 Å². The molecule has 0 saturated heterocycles. The average molecular weight is 212 g/mol. The van der Waals surface area contributed by atoms with Crippen LogP contribution in [0.3, 0.4) is 0 Å². The molecule has 0 spiro atoms. The van der Waals surface area contributed by atoms with Crippen molar-refractivity contribution in [1.29, 1.82) is 0 Å². The Hall–Kier alpha value is -1.17. The molecule has 5 nitrogen and oxygen atoms in total. The van der Waals surface area contributed by atoms with Gasteiger partial charge < -0.3 is 10.6 Å². The van der Waals surface area contributed by atoms with Gasteiger partial charge in [0.25, 0.3) is 0 Å². The topological polar surface area (TPSA) is 66.9 Å². The Morgan fingerprint density at radius 2 is 2.21 bits per heavy atom. The number of carbonyl (C=O) groups is 1. The van der Waals surface area contributed by atoms with Gasteiger partial charge in [-0.2, -0.15) is 0 Å². The first-order valence-corrected chi connectivity index (χ1v) is 5.40. The third kappa shape index (κ3) is 2.66. The molecule has 1 fully saturated rings. The van der Waals surface area contributed by atoms with Crippen LogP contribution in [0.15, 0.2) is 0 Å². The van der Waals surface area contributed by atoms with E-state index in [2.05, 4.69) is 20.8 Å². The monoisotopic (exact) mass is 212 g/mol. The number of nitrogens with zero attached hydrogens (tertiary/aromatic N) is 2. The lowest BCUT2D eigenvalue weighted by Crippen LogP contribution is -2.04. The quantitative estimate of drug-likeness (QED) is 0.790. The number of aromatic nitrogens is 2. The Morgan fingerprint density at radius 1 is 1.50 bits per heavy atom. The summed E-state index contributed by atoms with van der Waals surface area (Å²) in [5.74, 6) is 0.693. The summed E-state index contributed by atoms with van der Waals surface area (Å²) >= 11 is 1.37. The maximum absolute atomic E-state index is 10.7. The molecule has 1 aromatic rings. The van der Waals surface area contributed by atoms with Gasteiger partial charge in [0, 0.05) is 13.5 Å². The highest BCUT2D eigenvalue weighted by Gasteiger charge is 2.21. The Kier molecular flexibility index (Phi) is 2.62. The molecule has 0 unspecified atom stereocenters. The van der Waals surface area contributed by atoms with E-state index >= 15 is 0 Å². The Labute approximate surface area is 85.9 Å². The maximum atomic E-state index is 10.7. The molecule has 1 aliphatic rings. The van der Waals surface area contributed by atoms with Crippen LogP contribution >= 0.6 is 11.3 Å². The fourth-order valence-corrected chi connectivity index (χ4v) is 1.75. The minimum absolute atomic E-state index is 0.116. The Balaban J connectivity index is 1.84. The number of carbonyl (C=O) groups excluding carboxylic acids is 1. The van der Waals surface area contributed by atoms with Crippen molar-refractivity contribution < 1.29 is 4.79 Å². The van der Waals surface area contributed by atoms with Crippen molar-refractivity contribution in [3.8, 4) is 0 Å². The molecule has 1 amide bonds. The van der Waals surface area contributed by atoms with E-state index in [-0.39, 0.29) is 5.91 Å². The lowest BCUT2D eigenvalue weighted by molar-refractivity contribution is -0.114. The third-order valence-electron chi connectivity index (χ3n) is 1.95. The highest BCUT2D eigenvalue weighted by atomic mass is 32.1. The summed E-state index contributed by atoms with van der Waals surface area (Å²) < 4.78 is 0. The minimum atomic E-state index is -0.116. The number of hydrogen-bond donors (Lipinski definition) is 2. The summed E-state index contributed by atoms with van der Waals surface area (Å²) in [6.07, 6.45) is 2.62. The molecule has 14 heavy (non-hydrogen) atoms. The SMILES string of the molecule is CC(=O)Nc1nnc(NCC2CC2)s1. The van der Waals surface area contributed by atoms with E-state index in [0.717, 1.165) is 17.6 Å². The van der Waals surface area contributed by atoms with Gasteiger partial charge in [-0.25, -0.2) is 0 Å². The van der Waals surface area contributed by atoms with E-state index in [1.54, 1.807) is 0 Å². The standard InChI is InChI=1S/C8H12N4OS/c1-5(13)10-8-12-11-7(14-8)9-4-6-2-3-6/h6H,2-4H2,1H3,(H,9,11)(H,10,12,13). The smallest absolute Gasteiger partial charge is 0.223 e. The van der Waals surface area contributed by atoms with Gasteiger partial charge in [-0.3, -0.25) is 4.79 Å². The van der Waals surface area contributed by atoms with Crippen LogP contribution in [-0.2, 0) is 4.79 Å². The first kappa shape index (κ1) is 9.39. The van der Waals surface area contributed by atoms with Gasteiger partial charge in [0.1, 0.15) is 0 Å². The molecular weight excluding hydrogens is 200 g/mol. The van der Waals surface area contributed by atoms with Crippen molar-refractivity contribution in [3.05, 3.63) is 0 Å². The van der Waals surface area contributed by atoms with Gasteiger partial charge in [0.15, 0.2) is 0 Å². The van der Waals surface area contributed by atoms with E-state index in [9.17, 15) is 4.79 Å². The van der Waals surface area contributed by atoms with E-state index in [0.29, 0.717) is 5.13 Å². The van der Waals surface area contributed by atoms with E-state index in [1.807, 2.05) is 0 Å². The summed E-state index contributed by atoms with van der Waals surface area (Å²) in [5, 5.41) is 14.9. The highest BCUT2D eigenvalue weighted by Crippen LogP contribution is 2.29. The lowest BCUT2D eigenvalue weighted by atomic mass is 10.4. The normalized spacial score (nSPS) is 15.2. The Bertz CT molecular complexity index is 334. The molecule has 2 N–H and O–H groups in total. The summed E-state index contributed by atoms with van der Waals surface area (Å²) in [7, 11) is 0. The number of hydrogen-bond acceptors (Lipinski definition) is 5. The van der Waals surface area contributed by atoms with E-state index in [4.69, 9.17) is 0 Å². The predicted octanol–water partition coefficient (Wildman–Crippen LogP) is 1.32. The van der Waals surface area contributed by atoms with E-state index in [1.165, 1.54) is 31.1 Å². The number of amides is 1. The molecule has 0 atom stereocenters. The predicted molar refractivity (Wildman–Crippen MR) is 55.4 cm³/mol. The van der Waals surface area contributed by atoms with Crippen molar-refractivity contribution in [1.82, 2.24) is 10.2 Å². The van der Waals surface area contributed by atoms with Gasteiger partial charge in [-0.15, -0.1) is 10.2 Å². The van der Waals surface area contributed by atoms with Crippen LogP contribution in [0.2, 0.25) is 0 Å². The maximum Gasteiger partial charge on any atom is 0.223 e. The van der Waals surface area contributed by atoms with Crippen LogP contribution in [0.1, 0.15) is 19.8 Å². The summed E-state index contributed by atoms with van der Waals surface area (Å²) in [4.78, 5) is 10.7. The largest absolute Gasteiger partial charge is 0.360 e. The number of nitrogens with one attached hydrogen (secondary N) is 2. The van der Waals surface area contributed by atoms with Crippen LogP contribution < -0.4 is 10.6 Å². The zero-order valence-electron chi connectivity index (χ0n) is 7.91. The molecule has 1 aliphatic carbocycles. The first-order valence-electron chi connectivity index (χ1n) is 4.59. The Morgan fingerprint density at radius 3 is 2.86 bits per heavy atom. The second-order valence-corrected chi connectivity index (χ2v) is 4.40. The zero-order valence-corrected chi connectivity index (χ0v) is 8.73. The summed E-state index contributed by atoms with van der Waals surface area (Å²) in [6, 6.07) is 0. The van der Waals surface area contributed by atoms with Crippen molar-refractivity contribution in [2.24, 2.45) is 5.92 Å². The molecule has 0 aliphatic heterocycles. The van der Waals surface area contributed by atoms with Crippen LogP contribution in [0.4, 0.5) is 10.3 Å². The van der Waals surface area contributed by atoms with Gasteiger partial charge in [-0.1, -0.05) is 11.3 Å². The molecule has 1 saturated carbocycles. The second kappa shape index (κ2) is 3.91. The summed E-state index contributed by atoms with van der Waals surface area (Å²) in [5.41, 5.74) is 0. The van der Waals surface area contributed by atoms with Gasteiger partial charge >= 0.3 is 0 Å². The molecule has 0 bridgehead atoms. The average Bonchev–Trinajstić information content (AvgIpc) is 2.84. The number of anilines is 2. The lowest BCUT2D eigenvalue weighted by Gasteiger charge is -1.97. The second-order valence-electron chi connectivity index (χ2n) is 3.42. The van der Waals surface area contributed by atoms with Crippen LogP contribution in [-0.4, -0.2) is 22.6 Å². The summed E-state index contributed by atoms with van der Waals surface area (Å²) in [6.45, 7) is 2.42. The van der Waals surface area contributed by atoms with Crippen molar-refractivity contribution >= 4 is 27.5 Å². The molecular formula is C8H12N4OS. The fourth-order valence-electron chi connectivity index (χ4n) is 1.05. The number of rotatable bonds is 4. The molecule has 1 aromatic heterocycles. The minimum Gasteiger partial charge on any atom is -0.360 e. The molecule has 6 heteroatoms. The van der Waals surface area contributed by atoms with Crippen LogP contribution in [0, 0.1) is 5.92 Å². The zero-order chi connectivity index (χ0) is 9.97. The van der Waals surface area contributed by atoms with Crippen LogP contribution in [0.25, 0.3) is 0 Å². The van der Waals surface area contributed by atoms with Crippen molar-refractivity contribution in [2.45, 2.75) is 19.8 Å². The highest BCUT2D eigenvalue weighted by molar-refractivity contribution is 7.19. The molecule has 0 aromatic carbocycles. The third-order valence-corrected chi connectivity index (χ3v) is 2.74. The van der Waals surface area contributed by atoms with E-state index < -0.39 is 0 Å². The fraction of sp³-hybridized carbons (Fsp3) is 0.625. The van der Waals surface area contributed by atoms with Gasteiger partial charge in [0.2, 0.25) is 16.2 Å². The first-order chi connectivity index (χ1) is 6.74. The molecule has 0 radical (unpaired) electrons.